The van der Waals surface area contributed by atoms with E-state index in [1.807, 2.05) is 0 Å². The minimum absolute atomic E-state index is 0.290. The van der Waals surface area contributed by atoms with E-state index in [2.05, 4.69) is 20.3 Å². The third kappa shape index (κ3) is 2.96. The summed E-state index contributed by atoms with van der Waals surface area (Å²) in [4.78, 5) is 13.1. The van der Waals surface area contributed by atoms with Gasteiger partial charge in [-0.1, -0.05) is 23.2 Å². The molecule has 3 aromatic rings. The first-order valence-corrected chi connectivity index (χ1v) is 7.97. The van der Waals surface area contributed by atoms with Crippen molar-refractivity contribution in [1.29, 1.82) is 0 Å². The zero-order chi connectivity index (χ0) is 18.1. The van der Waals surface area contributed by atoms with Gasteiger partial charge in [0, 0.05) is 18.5 Å². The molecule has 0 fully saturated rings. The highest BCUT2D eigenvalue weighted by Gasteiger charge is 2.22. The maximum Gasteiger partial charge on any atom is 0.165 e. The van der Waals surface area contributed by atoms with Gasteiger partial charge in [-0.2, -0.15) is 0 Å². The molecule has 0 amide bonds. The number of anilines is 2. The van der Waals surface area contributed by atoms with Gasteiger partial charge in [0.1, 0.15) is 23.1 Å². The number of nitrogens with zero attached hydrogens (tertiary/aromatic N) is 3. The molecule has 0 saturated carbocycles. The molecule has 0 bridgehead atoms. The van der Waals surface area contributed by atoms with E-state index in [-0.39, 0.29) is 10.0 Å². The van der Waals surface area contributed by atoms with Gasteiger partial charge < -0.3 is 20.5 Å². The molecule has 0 aliphatic heterocycles. The number of hydrogen-bond acceptors (Lipinski definition) is 7. The standard InChI is InChI=1S/C16H15Cl2N5O2/c1-20-15-7-4-11(19)21-6-8(7)22-16(23-15)12-13(17)9(24-2)5-10(25-3)14(12)18/h4-6H,1-3H3,(H2,19,21)(H,20,22,23). The number of methoxy groups -OCH3 is 2. The minimum Gasteiger partial charge on any atom is -0.495 e. The molecule has 130 valence electrons. The summed E-state index contributed by atoms with van der Waals surface area (Å²) in [6.45, 7) is 0. The largest absolute Gasteiger partial charge is 0.495 e. The molecule has 25 heavy (non-hydrogen) atoms. The van der Waals surface area contributed by atoms with E-state index in [9.17, 15) is 0 Å². The molecule has 3 N–H and O–H groups in total. The second-order valence-electron chi connectivity index (χ2n) is 5.06. The number of nitrogens with one attached hydrogen (secondary N) is 1. The van der Waals surface area contributed by atoms with Crippen LogP contribution in [0.25, 0.3) is 22.3 Å². The maximum absolute atomic E-state index is 6.45. The number of nitrogens with two attached hydrogens (primary N) is 1. The van der Waals surface area contributed by atoms with Gasteiger partial charge in [-0.3, -0.25) is 0 Å². The number of hydrogen-bond donors (Lipinski definition) is 2. The van der Waals surface area contributed by atoms with Crippen LogP contribution >= 0.6 is 23.2 Å². The van der Waals surface area contributed by atoms with E-state index in [0.717, 1.165) is 5.39 Å². The molecular formula is C16H15Cl2N5O2. The summed E-state index contributed by atoms with van der Waals surface area (Å²) in [6, 6.07) is 3.30. The number of nitrogen functional groups attached to an aromatic ring is 1. The summed E-state index contributed by atoms with van der Waals surface area (Å²) in [6.07, 6.45) is 1.57. The van der Waals surface area contributed by atoms with Crippen molar-refractivity contribution in [1.82, 2.24) is 15.0 Å². The monoisotopic (exact) mass is 379 g/mol. The zero-order valence-corrected chi connectivity index (χ0v) is 15.2. The molecular weight excluding hydrogens is 365 g/mol. The van der Waals surface area contributed by atoms with Gasteiger partial charge in [-0.05, 0) is 6.07 Å². The summed E-state index contributed by atoms with van der Waals surface area (Å²) in [5, 5.41) is 4.34. The van der Waals surface area contributed by atoms with Crippen molar-refractivity contribution in [2.75, 3.05) is 32.3 Å². The van der Waals surface area contributed by atoms with Crippen LogP contribution in [-0.4, -0.2) is 36.2 Å². The topological polar surface area (TPSA) is 95.2 Å². The van der Waals surface area contributed by atoms with Crippen molar-refractivity contribution in [3.05, 3.63) is 28.4 Å². The SMILES string of the molecule is CNc1nc(-c2c(Cl)c(OC)cc(OC)c2Cl)nc2cnc(N)cc12. The lowest BCUT2D eigenvalue weighted by molar-refractivity contribution is 0.395. The number of fused-ring (bicyclic) bond motifs is 1. The summed E-state index contributed by atoms with van der Waals surface area (Å²) in [7, 11) is 4.76. The van der Waals surface area contributed by atoms with E-state index < -0.39 is 0 Å². The Morgan fingerprint density at radius 1 is 1.04 bits per heavy atom. The third-order valence-electron chi connectivity index (χ3n) is 3.64. The molecule has 3 rings (SSSR count). The Balaban J connectivity index is 2.35. The molecule has 1 aromatic carbocycles. The second kappa shape index (κ2) is 6.78. The highest BCUT2D eigenvalue weighted by atomic mass is 35.5. The van der Waals surface area contributed by atoms with Crippen LogP contribution < -0.4 is 20.5 Å². The molecule has 0 aliphatic carbocycles. The maximum atomic E-state index is 6.45. The first-order chi connectivity index (χ1) is 12.0. The fourth-order valence-corrected chi connectivity index (χ4v) is 3.10. The lowest BCUT2D eigenvalue weighted by Gasteiger charge is -2.15. The summed E-state index contributed by atoms with van der Waals surface area (Å²) in [5.74, 6) is 2.07. The first kappa shape index (κ1) is 17.3. The van der Waals surface area contributed by atoms with Crippen LogP contribution in [0.5, 0.6) is 11.5 Å². The summed E-state index contributed by atoms with van der Waals surface area (Å²) < 4.78 is 10.6. The van der Waals surface area contributed by atoms with Crippen molar-refractivity contribution >= 4 is 45.7 Å². The molecule has 0 saturated heterocycles. The van der Waals surface area contributed by atoms with Gasteiger partial charge in [0.25, 0.3) is 0 Å². The van der Waals surface area contributed by atoms with Crippen molar-refractivity contribution in [2.24, 2.45) is 0 Å². The van der Waals surface area contributed by atoms with Crippen LogP contribution in [-0.2, 0) is 0 Å². The molecule has 2 aromatic heterocycles. The van der Waals surface area contributed by atoms with Gasteiger partial charge in [0.2, 0.25) is 0 Å². The Morgan fingerprint density at radius 2 is 1.68 bits per heavy atom. The van der Waals surface area contributed by atoms with Crippen molar-refractivity contribution in [2.45, 2.75) is 0 Å². The summed E-state index contributed by atoms with van der Waals surface area (Å²) >= 11 is 12.9. The number of benzene rings is 1. The predicted molar refractivity (Wildman–Crippen MR) is 99.9 cm³/mol. The third-order valence-corrected chi connectivity index (χ3v) is 4.39. The van der Waals surface area contributed by atoms with E-state index in [0.29, 0.717) is 40.0 Å². The molecule has 0 atom stereocenters. The van der Waals surface area contributed by atoms with Gasteiger partial charge in [0.05, 0.1) is 41.5 Å². The fourth-order valence-electron chi connectivity index (χ4n) is 2.43. The Kier molecular flexibility index (Phi) is 4.69. The van der Waals surface area contributed by atoms with Crippen LogP contribution in [0, 0.1) is 0 Å². The number of aromatic nitrogens is 3. The molecule has 0 unspecified atom stereocenters. The van der Waals surface area contributed by atoms with E-state index in [1.54, 1.807) is 25.4 Å². The van der Waals surface area contributed by atoms with Crippen LogP contribution in [0.3, 0.4) is 0 Å². The van der Waals surface area contributed by atoms with E-state index in [1.165, 1.54) is 14.2 Å². The number of ether oxygens (including phenoxy) is 2. The molecule has 0 spiro atoms. The first-order valence-electron chi connectivity index (χ1n) is 7.21. The summed E-state index contributed by atoms with van der Waals surface area (Å²) in [5.41, 5.74) is 6.76. The Morgan fingerprint density at radius 3 is 2.24 bits per heavy atom. The highest BCUT2D eigenvalue weighted by Crippen LogP contribution is 2.45. The predicted octanol–water partition coefficient (Wildman–Crippen LogP) is 3.64. The minimum atomic E-state index is 0.290. The molecule has 0 aliphatic rings. The normalized spacial score (nSPS) is 10.8. The number of rotatable bonds is 4. The Bertz CT molecular complexity index is 937. The van der Waals surface area contributed by atoms with Gasteiger partial charge in [-0.15, -0.1) is 0 Å². The average molecular weight is 380 g/mol. The van der Waals surface area contributed by atoms with Crippen LogP contribution in [0.1, 0.15) is 0 Å². The zero-order valence-electron chi connectivity index (χ0n) is 13.7. The molecule has 2 heterocycles. The van der Waals surface area contributed by atoms with Gasteiger partial charge >= 0.3 is 0 Å². The smallest absolute Gasteiger partial charge is 0.165 e. The van der Waals surface area contributed by atoms with Crippen LogP contribution in [0.4, 0.5) is 11.6 Å². The fraction of sp³-hybridized carbons (Fsp3) is 0.188. The Labute approximate surface area is 154 Å². The molecule has 7 nitrogen and oxygen atoms in total. The quantitative estimate of drug-likeness (QED) is 0.714. The van der Waals surface area contributed by atoms with Crippen molar-refractivity contribution in [3.8, 4) is 22.9 Å². The number of pyridine rings is 1. The highest BCUT2D eigenvalue weighted by molar-refractivity contribution is 6.41. The lowest BCUT2D eigenvalue weighted by Crippen LogP contribution is -2.02. The average Bonchev–Trinajstić information content (AvgIpc) is 2.61. The van der Waals surface area contributed by atoms with E-state index in [4.69, 9.17) is 38.4 Å². The number of halogens is 2. The van der Waals surface area contributed by atoms with Crippen LogP contribution in [0.15, 0.2) is 18.3 Å². The second-order valence-corrected chi connectivity index (χ2v) is 5.81. The van der Waals surface area contributed by atoms with E-state index >= 15 is 0 Å². The van der Waals surface area contributed by atoms with Gasteiger partial charge in [-0.25, -0.2) is 15.0 Å². The molecule has 0 radical (unpaired) electrons. The Hall–Kier alpha value is -2.51. The lowest BCUT2D eigenvalue weighted by atomic mass is 10.1. The van der Waals surface area contributed by atoms with Crippen molar-refractivity contribution < 1.29 is 9.47 Å². The van der Waals surface area contributed by atoms with Crippen molar-refractivity contribution in [3.63, 3.8) is 0 Å². The van der Waals surface area contributed by atoms with Crippen LogP contribution in [0.2, 0.25) is 10.0 Å². The molecule has 9 heteroatoms. The van der Waals surface area contributed by atoms with Gasteiger partial charge in [0.15, 0.2) is 5.82 Å².